The van der Waals surface area contributed by atoms with Gasteiger partial charge in [-0.2, -0.15) is 0 Å². The fourth-order valence-electron chi connectivity index (χ4n) is 0.271. The first-order chi connectivity index (χ1) is 3.31. The SMILES string of the molecule is CCC(F)CC=O. The Hall–Kier alpha value is -0.400. The van der Waals surface area contributed by atoms with Gasteiger partial charge in [-0.05, 0) is 6.42 Å². The Labute approximate surface area is 42.5 Å². The third kappa shape index (κ3) is 3.43. The van der Waals surface area contributed by atoms with Gasteiger partial charge < -0.3 is 4.79 Å². The summed E-state index contributed by atoms with van der Waals surface area (Å²) >= 11 is 0. The van der Waals surface area contributed by atoms with Gasteiger partial charge in [0.25, 0.3) is 0 Å². The zero-order chi connectivity index (χ0) is 5.70. The summed E-state index contributed by atoms with van der Waals surface area (Å²) in [5.74, 6) is 0. The summed E-state index contributed by atoms with van der Waals surface area (Å²) in [6, 6.07) is 0. The Kier molecular flexibility index (Phi) is 3.56. The van der Waals surface area contributed by atoms with Gasteiger partial charge in [0.2, 0.25) is 0 Å². The van der Waals surface area contributed by atoms with Gasteiger partial charge in [-0.15, -0.1) is 0 Å². The van der Waals surface area contributed by atoms with E-state index in [4.69, 9.17) is 0 Å². The van der Waals surface area contributed by atoms with E-state index in [0.717, 1.165) is 0 Å². The molecule has 42 valence electrons. The van der Waals surface area contributed by atoms with Crippen molar-refractivity contribution in [3.8, 4) is 0 Å². The Morgan fingerprint density at radius 1 is 1.86 bits per heavy atom. The van der Waals surface area contributed by atoms with Crippen molar-refractivity contribution in [3.63, 3.8) is 0 Å². The highest BCUT2D eigenvalue weighted by molar-refractivity contribution is 5.49. The summed E-state index contributed by atoms with van der Waals surface area (Å²) in [7, 11) is 0. The van der Waals surface area contributed by atoms with Crippen molar-refractivity contribution in [2.75, 3.05) is 0 Å². The first-order valence-corrected chi connectivity index (χ1v) is 2.39. The predicted octanol–water partition coefficient (Wildman–Crippen LogP) is 1.32. The molecule has 0 rings (SSSR count). The number of aldehydes is 1. The van der Waals surface area contributed by atoms with Gasteiger partial charge in [0, 0.05) is 6.42 Å². The van der Waals surface area contributed by atoms with Crippen molar-refractivity contribution in [3.05, 3.63) is 0 Å². The van der Waals surface area contributed by atoms with Gasteiger partial charge in [0.1, 0.15) is 12.5 Å². The van der Waals surface area contributed by atoms with Crippen LogP contribution < -0.4 is 0 Å². The minimum atomic E-state index is -0.919. The molecular formula is C5H9FO. The van der Waals surface area contributed by atoms with Crippen LogP contribution in [-0.4, -0.2) is 12.5 Å². The largest absolute Gasteiger partial charge is 0.303 e. The van der Waals surface area contributed by atoms with E-state index < -0.39 is 6.17 Å². The third-order valence-electron chi connectivity index (χ3n) is 0.795. The van der Waals surface area contributed by atoms with E-state index >= 15 is 0 Å². The molecule has 0 bridgehead atoms. The molecule has 0 aromatic carbocycles. The van der Waals surface area contributed by atoms with Gasteiger partial charge in [0.15, 0.2) is 0 Å². The average molecular weight is 104 g/mol. The van der Waals surface area contributed by atoms with E-state index in [0.29, 0.717) is 12.7 Å². The van der Waals surface area contributed by atoms with Crippen LogP contribution in [0.5, 0.6) is 0 Å². The molecule has 0 radical (unpaired) electrons. The van der Waals surface area contributed by atoms with Crippen LogP contribution in [0.4, 0.5) is 4.39 Å². The highest BCUT2D eigenvalue weighted by atomic mass is 19.1. The van der Waals surface area contributed by atoms with E-state index in [1.54, 1.807) is 6.92 Å². The Morgan fingerprint density at radius 3 is 2.57 bits per heavy atom. The minimum absolute atomic E-state index is 0.0521. The summed E-state index contributed by atoms with van der Waals surface area (Å²) in [6.45, 7) is 1.72. The lowest BCUT2D eigenvalue weighted by molar-refractivity contribution is -0.108. The zero-order valence-electron chi connectivity index (χ0n) is 4.36. The molecule has 1 nitrogen and oxygen atoms in total. The monoisotopic (exact) mass is 104 g/mol. The molecule has 0 aliphatic heterocycles. The van der Waals surface area contributed by atoms with Crippen molar-refractivity contribution in [1.29, 1.82) is 0 Å². The summed E-state index contributed by atoms with van der Waals surface area (Å²) < 4.78 is 11.9. The van der Waals surface area contributed by atoms with Gasteiger partial charge in [0.05, 0.1) is 0 Å². The van der Waals surface area contributed by atoms with Crippen LogP contribution in [0.25, 0.3) is 0 Å². The lowest BCUT2D eigenvalue weighted by Gasteiger charge is -1.93. The molecule has 0 aromatic rings. The molecule has 0 fully saturated rings. The van der Waals surface area contributed by atoms with Crippen molar-refractivity contribution in [2.45, 2.75) is 25.9 Å². The van der Waals surface area contributed by atoms with Crippen LogP contribution in [-0.2, 0) is 4.79 Å². The maximum absolute atomic E-state index is 11.9. The lowest BCUT2D eigenvalue weighted by Crippen LogP contribution is -1.96. The lowest BCUT2D eigenvalue weighted by atomic mass is 10.2. The Balaban J connectivity index is 2.98. The molecule has 7 heavy (non-hydrogen) atoms. The molecule has 0 aliphatic rings. The molecule has 1 unspecified atom stereocenters. The molecule has 0 heterocycles. The summed E-state index contributed by atoms with van der Waals surface area (Å²) in [4.78, 5) is 9.53. The standard InChI is InChI=1S/C5H9FO/c1-2-5(6)3-4-7/h4-5H,2-3H2,1H3. The predicted molar refractivity (Wildman–Crippen MR) is 25.9 cm³/mol. The van der Waals surface area contributed by atoms with Crippen molar-refractivity contribution >= 4 is 6.29 Å². The first-order valence-electron chi connectivity index (χ1n) is 2.39. The molecule has 0 N–H and O–H groups in total. The van der Waals surface area contributed by atoms with Crippen LogP contribution in [0.1, 0.15) is 19.8 Å². The highest BCUT2D eigenvalue weighted by Crippen LogP contribution is 1.97. The van der Waals surface area contributed by atoms with Gasteiger partial charge in [-0.1, -0.05) is 6.92 Å². The van der Waals surface area contributed by atoms with Crippen molar-refractivity contribution in [2.24, 2.45) is 0 Å². The molecule has 0 saturated heterocycles. The molecule has 2 heteroatoms. The fraction of sp³-hybridized carbons (Fsp3) is 0.800. The smallest absolute Gasteiger partial charge is 0.122 e. The maximum atomic E-state index is 11.9. The molecule has 0 aliphatic carbocycles. The molecule has 1 atom stereocenters. The molecule has 0 amide bonds. The molecule has 0 spiro atoms. The summed E-state index contributed by atoms with van der Waals surface area (Å²) in [5.41, 5.74) is 0. The van der Waals surface area contributed by atoms with E-state index in [1.807, 2.05) is 0 Å². The summed E-state index contributed by atoms with van der Waals surface area (Å²) in [5, 5.41) is 0. The molecule has 0 aromatic heterocycles. The Morgan fingerprint density at radius 2 is 2.43 bits per heavy atom. The van der Waals surface area contributed by atoms with Crippen LogP contribution in [0, 0.1) is 0 Å². The number of halogens is 1. The van der Waals surface area contributed by atoms with E-state index in [1.165, 1.54) is 0 Å². The van der Waals surface area contributed by atoms with Crippen LogP contribution >= 0.6 is 0 Å². The van der Waals surface area contributed by atoms with Crippen LogP contribution in [0.15, 0.2) is 0 Å². The van der Waals surface area contributed by atoms with E-state index in [9.17, 15) is 9.18 Å². The van der Waals surface area contributed by atoms with Gasteiger partial charge in [-0.3, -0.25) is 0 Å². The number of hydrogen-bond donors (Lipinski definition) is 0. The molecular weight excluding hydrogens is 95.1 g/mol. The topological polar surface area (TPSA) is 17.1 Å². The summed E-state index contributed by atoms with van der Waals surface area (Å²) in [6.07, 6.45) is 0.182. The third-order valence-corrected chi connectivity index (χ3v) is 0.795. The fourth-order valence-corrected chi connectivity index (χ4v) is 0.271. The maximum Gasteiger partial charge on any atom is 0.122 e. The highest BCUT2D eigenvalue weighted by Gasteiger charge is 1.98. The van der Waals surface area contributed by atoms with Gasteiger partial charge in [-0.25, -0.2) is 4.39 Å². The normalized spacial score (nSPS) is 13.4. The number of alkyl halides is 1. The minimum Gasteiger partial charge on any atom is -0.303 e. The van der Waals surface area contributed by atoms with Crippen LogP contribution in [0.3, 0.4) is 0 Å². The van der Waals surface area contributed by atoms with Crippen molar-refractivity contribution in [1.82, 2.24) is 0 Å². The Bertz CT molecular complexity index is 54.0. The zero-order valence-corrected chi connectivity index (χ0v) is 4.36. The number of rotatable bonds is 3. The number of hydrogen-bond acceptors (Lipinski definition) is 1. The molecule has 0 saturated carbocycles. The second-order valence-corrected chi connectivity index (χ2v) is 1.41. The second-order valence-electron chi connectivity index (χ2n) is 1.41. The second kappa shape index (κ2) is 3.78. The van der Waals surface area contributed by atoms with E-state index in [-0.39, 0.29) is 6.42 Å². The average Bonchev–Trinajstić information content (AvgIpc) is 1.68. The van der Waals surface area contributed by atoms with Crippen LogP contribution in [0.2, 0.25) is 0 Å². The first kappa shape index (κ1) is 6.60. The van der Waals surface area contributed by atoms with Crippen molar-refractivity contribution < 1.29 is 9.18 Å². The van der Waals surface area contributed by atoms with E-state index in [2.05, 4.69) is 0 Å². The van der Waals surface area contributed by atoms with Gasteiger partial charge >= 0.3 is 0 Å². The quantitative estimate of drug-likeness (QED) is 0.493. The number of carbonyl (C=O) groups is 1. The number of carbonyl (C=O) groups excluding carboxylic acids is 1.